The minimum absolute atomic E-state index is 0.0464. The summed E-state index contributed by atoms with van der Waals surface area (Å²) in [5.74, 6) is 0.110. The zero-order valence-corrected chi connectivity index (χ0v) is 16.2. The number of carbonyl (C=O) groups is 2. The number of benzene rings is 1. The molecule has 1 N–H and O–H groups in total. The van der Waals surface area contributed by atoms with Crippen molar-refractivity contribution in [3.63, 3.8) is 0 Å². The predicted octanol–water partition coefficient (Wildman–Crippen LogP) is 0.971. The normalized spacial score (nSPS) is 26.2. The van der Waals surface area contributed by atoms with E-state index in [-0.39, 0.29) is 35.8 Å². The molecule has 0 saturated carbocycles. The van der Waals surface area contributed by atoms with E-state index in [2.05, 4.69) is 5.32 Å². The van der Waals surface area contributed by atoms with Crippen LogP contribution in [0.3, 0.4) is 0 Å². The summed E-state index contributed by atoms with van der Waals surface area (Å²) in [5, 5.41) is 3.41. The molecule has 0 unspecified atom stereocenters. The number of anilines is 1. The lowest BCUT2D eigenvalue weighted by Gasteiger charge is -2.44. The molecule has 2 aromatic rings. The number of nitrogens with one attached hydrogen (secondary N) is 1. The summed E-state index contributed by atoms with van der Waals surface area (Å²) in [4.78, 5) is 42.3. The first-order chi connectivity index (χ1) is 14.1. The summed E-state index contributed by atoms with van der Waals surface area (Å²) < 4.78 is 1.69. The maximum absolute atomic E-state index is 13.5. The molecule has 2 bridgehead atoms. The Morgan fingerprint density at radius 1 is 0.966 bits per heavy atom. The van der Waals surface area contributed by atoms with Crippen LogP contribution >= 0.6 is 0 Å². The summed E-state index contributed by atoms with van der Waals surface area (Å²) in [6, 6.07) is 14.2. The maximum Gasteiger partial charge on any atom is 0.251 e. The number of aromatic nitrogens is 1. The van der Waals surface area contributed by atoms with E-state index in [0.717, 1.165) is 24.3 Å². The van der Waals surface area contributed by atoms with E-state index in [1.807, 2.05) is 36.4 Å². The van der Waals surface area contributed by atoms with Gasteiger partial charge in [0, 0.05) is 55.5 Å². The second-order valence-electron chi connectivity index (χ2n) is 8.10. The molecule has 0 spiro atoms. The average molecular weight is 392 g/mol. The molecule has 3 atom stereocenters. The van der Waals surface area contributed by atoms with Crippen LogP contribution in [0, 0.1) is 5.92 Å². The molecule has 2 saturated heterocycles. The molecule has 0 aliphatic carbocycles. The van der Waals surface area contributed by atoms with Crippen LogP contribution in [-0.4, -0.2) is 54.0 Å². The molecule has 3 aliphatic rings. The number of para-hydroxylation sites is 1. The molecule has 2 fully saturated rings. The molecule has 3 aliphatic heterocycles. The van der Waals surface area contributed by atoms with Gasteiger partial charge in [-0.2, -0.15) is 0 Å². The van der Waals surface area contributed by atoms with Gasteiger partial charge in [-0.15, -0.1) is 0 Å². The first kappa shape index (κ1) is 18.1. The Labute approximate surface area is 168 Å². The highest BCUT2D eigenvalue weighted by atomic mass is 16.2. The van der Waals surface area contributed by atoms with Crippen LogP contribution in [0.1, 0.15) is 24.1 Å². The number of hydrogen-bond acceptors (Lipinski definition) is 4. The zero-order valence-electron chi connectivity index (χ0n) is 16.2. The Kier molecular flexibility index (Phi) is 4.47. The van der Waals surface area contributed by atoms with Crippen molar-refractivity contribution in [3.8, 4) is 0 Å². The second-order valence-corrected chi connectivity index (χ2v) is 8.10. The minimum Gasteiger partial charge on any atom is -0.330 e. The van der Waals surface area contributed by atoms with Crippen LogP contribution in [0.15, 0.2) is 53.3 Å². The van der Waals surface area contributed by atoms with Crippen LogP contribution in [0.25, 0.3) is 0 Å². The Morgan fingerprint density at radius 2 is 1.79 bits per heavy atom. The third-order valence-corrected chi connectivity index (χ3v) is 6.40. The minimum atomic E-state index is -0.543. The highest BCUT2D eigenvalue weighted by Gasteiger charge is 2.44. The number of piperidine rings is 1. The van der Waals surface area contributed by atoms with E-state index in [0.29, 0.717) is 19.6 Å². The van der Waals surface area contributed by atoms with Crippen LogP contribution < -0.4 is 15.8 Å². The molecule has 29 heavy (non-hydrogen) atoms. The van der Waals surface area contributed by atoms with Crippen molar-refractivity contribution in [2.45, 2.75) is 18.4 Å². The summed E-state index contributed by atoms with van der Waals surface area (Å²) in [6.45, 7) is 2.52. The summed E-state index contributed by atoms with van der Waals surface area (Å²) in [7, 11) is 0. The van der Waals surface area contributed by atoms with E-state index < -0.39 is 6.04 Å². The van der Waals surface area contributed by atoms with E-state index >= 15 is 0 Å². The van der Waals surface area contributed by atoms with Gasteiger partial charge in [-0.25, -0.2) is 0 Å². The van der Waals surface area contributed by atoms with Gasteiger partial charge in [0.15, 0.2) is 0 Å². The molecule has 1 aromatic carbocycles. The molecule has 150 valence electrons. The quantitative estimate of drug-likeness (QED) is 0.827. The van der Waals surface area contributed by atoms with E-state index in [4.69, 9.17) is 0 Å². The molecule has 1 aromatic heterocycles. The number of piperazine rings is 1. The van der Waals surface area contributed by atoms with Gasteiger partial charge in [-0.3, -0.25) is 19.0 Å². The van der Waals surface area contributed by atoms with Crippen molar-refractivity contribution in [2.24, 2.45) is 5.92 Å². The zero-order chi connectivity index (χ0) is 20.0. The van der Waals surface area contributed by atoms with E-state index in [9.17, 15) is 14.4 Å². The first-order valence-electron chi connectivity index (χ1n) is 10.2. The molecule has 2 amide bonds. The monoisotopic (exact) mass is 392 g/mol. The van der Waals surface area contributed by atoms with Gasteiger partial charge in [-0.1, -0.05) is 24.3 Å². The maximum atomic E-state index is 13.5. The molecule has 0 radical (unpaired) electrons. The summed E-state index contributed by atoms with van der Waals surface area (Å²) >= 11 is 0. The number of nitrogens with zero attached hydrogens (tertiary/aromatic N) is 3. The van der Waals surface area contributed by atoms with Gasteiger partial charge in [0.2, 0.25) is 11.8 Å². The van der Waals surface area contributed by atoms with Crippen molar-refractivity contribution in [2.75, 3.05) is 37.6 Å². The molecular weight excluding hydrogens is 368 g/mol. The number of carbonyl (C=O) groups excluding carboxylic acids is 2. The number of amides is 2. The second kappa shape index (κ2) is 7.15. The topological polar surface area (TPSA) is 74.7 Å². The lowest BCUT2D eigenvalue weighted by atomic mass is 9.79. The largest absolute Gasteiger partial charge is 0.330 e. The molecular formula is C22H24N4O3. The first-order valence-corrected chi connectivity index (χ1v) is 10.2. The Morgan fingerprint density at radius 3 is 2.59 bits per heavy atom. The standard InChI is InChI=1S/C22H24N4O3/c27-19-8-4-7-18-15-11-16(13-23-12-15)21(26(18)19)22(29)24-9-10-25(20(28)14-24)17-5-2-1-3-6-17/h1-8,15-16,21,23H,9-14H2/t15-,16+,21-/m1/s1. The predicted molar refractivity (Wildman–Crippen MR) is 109 cm³/mol. The van der Waals surface area contributed by atoms with Gasteiger partial charge < -0.3 is 15.1 Å². The van der Waals surface area contributed by atoms with Crippen molar-refractivity contribution in [3.05, 3.63) is 64.6 Å². The van der Waals surface area contributed by atoms with Crippen LogP contribution in [0.4, 0.5) is 5.69 Å². The molecule has 4 heterocycles. The Bertz CT molecular complexity index is 1000. The van der Waals surface area contributed by atoms with Crippen molar-refractivity contribution < 1.29 is 9.59 Å². The number of rotatable bonds is 2. The number of hydrogen-bond donors (Lipinski definition) is 1. The smallest absolute Gasteiger partial charge is 0.251 e. The Hall–Kier alpha value is -2.93. The van der Waals surface area contributed by atoms with Crippen molar-refractivity contribution in [1.29, 1.82) is 0 Å². The van der Waals surface area contributed by atoms with Crippen LogP contribution in [-0.2, 0) is 9.59 Å². The fourth-order valence-corrected chi connectivity index (χ4v) is 5.04. The number of fused-ring (bicyclic) bond motifs is 4. The van der Waals surface area contributed by atoms with E-state index in [1.54, 1.807) is 20.4 Å². The SMILES string of the molecule is O=C([C@H]1[C@@H]2CNC[C@@H](C2)c2cccc(=O)n21)N1CCN(c2ccccc2)C(=O)C1. The van der Waals surface area contributed by atoms with Gasteiger partial charge in [0.05, 0.1) is 0 Å². The summed E-state index contributed by atoms with van der Waals surface area (Å²) in [6.07, 6.45) is 0.894. The van der Waals surface area contributed by atoms with Gasteiger partial charge in [0.1, 0.15) is 12.6 Å². The molecule has 5 rings (SSSR count). The van der Waals surface area contributed by atoms with Gasteiger partial charge in [-0.05, 0) is 24.6 Å². The van der Waals surface area contributed by atoms with Gasteiger partial charge >= 0.3 is 0 Å². The third kappa shape index (κ3) is 3.06. The van der Waals surface area contributed by atoms with Crippen molar-refractivity contribution >= 4 is 17.5 Å². The Balaban J connectivity index is 1.42. The van der Waals surface area contributed by atoms with Crippen LogP contribution in [0.2, 0.25) is 0 Å². The number of pyridine rings is 1. The highest BCUT2D eigenvalue weighted by Crippen LogP contribution is 2.39. The van der Waals surface area contributed by atoms with Crippen molar-refractivity contribution in [1.82, 2.24) is 14.8 Å². The average Bonchev–Trinajstić information content (AvgIpc) is 2.75. The lowest BCUT2D eigenvalue weighted by Crippen LogP contribution is -2.57. The van der Waals surface area contributed by atoms with Crippen LogP contribution in [0.5, 0.6) is 0 Å². The fraction of sp³-hybridized carbons (Fsp3) is 0.409. The lowest BCUT2D eigenvalue weighted by molar-refractivity contribution is -0.142. The molecule has 7 nitrogen and oxygen atoms in total. The fourth-order valence-electron chi connectivity index (χ4n) is 5.04. The van der Waals surface area contributed by atoms with Gasteiger partial charge in [0.25, 0.3) is 5.56 Å². The third-order valence-electron chi connectivity index (χ3n) is 6.40. The molecule has 7 heteroatoms. The highest BCUT2D eigenvalue weighted by molar-refractivity contribution is 5.98. The summed E-state index contributed by atoms with van der Waals surface area (Å²) in [5.41, 5.74) is 1.64. The van der Waals surface area contributed by atoms with E-state index in [1.165, 1.54) is 6.07 Å².